The molecule has 2 N–H and O–H groups in total. The highest BCUT2D eigenvalue weighted by molar-refractivity contribution is 7.22. The Morgan fingerprint density at radius 2 is 1.86 bits per heavy atom. The van der Waals surface area contributed by atoms with E-state index in [-0.39, 0.29) is 15.9 Å². The van der Waals surface area contributed by atoms with Crippen molar-refractivity contribution < 1.29 is 22.7 Å². The Hall–Kier alpha value is -3.90. The fraction of sp³-hybridized carbons (Fsp3) is 0.0909. The number of imidazole rings is 1. The molecule has 0 unspecified atom stereocenters. The summed E-state index contributed by atoms with van der Waals surface area (Å²) in [6.45, 7) is 0. The lowest BCUT2D eigenvalue weighted by atomic mass is 10.2. The molecular formula is C22H13ClF3N5O3S. The number of H-pyrrole nitrogens is 1. The van der Waals surface area contributed by atoms with Crippen molar-refractivity contribution >= 4 is 56.1 Å². The lowest BCUT2D eigenvalue weighted by molar-refractivity contribution is -0.190. The molecule has 8 nitrogen and oxygen atoms in total. The number of hydrogen-bond acceptors (Lipinski definition) is 7. The van der Waals surface area contributed by atoms with Gasteiger partial charge in [-0.15, -0.1) is 11.3 Å². The highest BCUT2D eigenvalue weighted by Crippen LogP contribution is 2.33. The Balaban J connectivity index is 1.72. The standard InChI is InChI=1S/C22H13ClF3N5O3S/c1-27-20-28-13-7-6-12(8-14(13)29-20)31-18(32)17-15(30-21(31)34-19(33)22(24,25)26)9-16(35-17)10-2-4-11(23)5-3-10/h2-9H,1H3,(H2,27,28,29). The molecule has 0 bridgehead atoms. The van der Waals surface area contributed by atoms with E-state index < -0.39 is 23.7 Å². The Kier molecular flexibility index (Phi) is 5.49. The van der Waals surface area contributed by atoms with Crippen LogP contribution in [0, 0.1) is 0 Å². The normalized spacial score (nSPS) is 11.8. The third-order valence-electron chi connectivity index (χ3n) is 5.02. The lowest BCUT2D eigenvalue weighted by Crippen LogP contribution is -2.31. The van der Waals surface area contributed by atoms with Gasteiger partial charge in [-0.25, -0.2) is 14.3 Å². The molecule has 3 heterocycles. The van der Waals surface area contributed by atoms with Gasteiger partial charge in [0.25, 0.3) is 5.56 Å². The zero-order valence-electron chi connectivity index (χ0n) is 17.6. The summed E-state index contributed by atoms with van der Waals surface area (Å²) in [7, 11) is 1.66. The third kappa shape index (κ3) is 4.21. The molecule has 0 spiro atoms. The highest BCUT2D eigenvalue weighted by atomic mass is 35.5. The number of ether oxygens (including phenoxy) is 1. The Morgan fingerprint density at radius 1 is 1.11 bits per heavy atom. The number of carbonyl (C=O) groups is 1. The Morgan fingerprint density at radius 3 is 2.54 bits per heavy atom. The van der Waals surface area contributed by atoms with E-state index in [1.54, 1.807) is 37.4 Å². The van der Waals surface area contributed by atoms with Crippen LogP contribution in [0.25, 0.3) is 37.4 Å². The minimum absolute atomic E-state index is 0.0891. The van der Waals surface area contributed by atoms with Gasteiger partial charge in [0.05, 0.1) is 22.2 Å². The number of esters is 1. The van der Waals surface area contributed by atoms with E-state index in [9.17, 15) is 22.8 Å². The molecule has 0 radical (unpaired) electrons. The number of benzene rings is 2. The second-order valence-electron chi connectivity index (χ2n) is 7.29. The fourth-order valence-corrected chi connectivity index (χ4v) is 4.57. The lowest BCUT2D eigenvalue weighted by Gasteiger charge is -2.12. The summed E-state index contributed by atoms with van der Waals surface area (Å²) in [5.41, 5.74) is 1.31. The predicted molar refractivity (Wildman–Crippen MR) is 127 cm³/mol. The van der Waals surface area contributed by atoms with Crippen molar-refractivity contribution in [3.63, 3.8) is 0 Å². The Labute approximate surface area is 203 Å². The van der Waals surface area contributed by atoms with Crippen LogP contribution >= 0.6 is 22.9 Å². The average Bonchev–Trinajstić information content (AvgIpc) is 3.43. The van der Waals surface area contributed by atoms with Gasteiger partial charge in [0, 0.05) is 16.9 Å². The van der Waals surface area contributed by atoms with Gasteiger partial charge in [-0.3, -0.25) is 4.79 Å². The third-order valence-corrected chi connectivity index (χ3v) is 6.44. The SMILES string of the molecule is CNc1nc2ccc(-n3c(OC(=O)C(F)(F)F)nc4cc(-c5ccc(Cl)cc5)sc4c3=O)cc2[nH]1. The van der Waals surface area contributed by atoms with Gasteiger partial charge < -0.3 is 15.0 Å². The largest absolute Gasteiger partial charge is 0.491 e. The monoisotopic (exact) mass is 519 g/mol. The van der Waals surface area contributed by atoms with Crippen LogP contribution in [0.3, 0.4) is 0 Å². The molecule has 13 heteroatoms. The van der Waals surface area contributed by atoms with Gasteiger partial charge in [0.1, 0.15) is 4.70 Å². The topological polar surface area (TPSA) is 102 Å². The first-order valence-corrected chi connectivity index (χ1v) is 11.1. The van der Waals surface area contributed by atoms with Crippen molar-refractivity contribution in [2.24, 2.45) is 0 Å². The van der Waals surface area contributed by atoms with Crippen LogP contribution in [0.4, 0.5) is 19.1 Å². The number of aromatic nitrogens is 4. The maximum Gasteiger partial charge on any atom is 0.491 e. The van der Waals surface area contributed by atoms with Gasteiger partial charge in [0.2, 0.25) is 5.95 Å². The molecule has 0 fully saturated rings. The quantitative estimate of drug-likeness (QED) is 0.318. The molecule has 0 saturated carbocycles. The zero-order chi connectivity index (χ0) is 24.9. The molecule has 0 amide bonds. The zero-order valence-corrected chi connectivity index (χ0v) is 19.2. The number of anilines is 1. The molecule has 5 aromatic rings. The van der Waals surface area contributed by atoms with Gasteiger partial charge in [-0.05, 0) is 42.0 Å². The number of nitrogens with one attached hydrogen (secondary N) is 2. The minimum Gasteiger partial charge on any atom is -0.385 e. The molecule has 0 aliphatic rings. The fourth-order valence-electron chi connectivity index (χ4n) is 3.41. The number of carbonyl (C=O) groups excluding carboxylic acids is 1. The van der Waals surface area contributed by atoms with Crippen molar-refractivity contribution in [1.82, 2.24) is 19.5 Å². The van der Waals surface area contributed by atoms with Crippen LogP contribution in [-0.2, 0) is 4.79 Å². The van der Waals surface area contributed by atoms with E-state index in [0.717, 1.165) is 21.5 Å². The van der Waals surface area contributed by atoms with E-state index in [2.05, 4.69) is 25.0 Å². The average molecular weight is 520 g/mol. The van der Waals surface area contributed by atoms with Crippen LogP contribution in [0.1, 0.15) is 0 Å². The number of aromatic amines is 1. The van der Waals surface area contributed by atoms with Crippen molar-refractivity contribution in [2.45, 2.75) is 6.18 Å². The molecule has 5 rings (SSSR count). The van der Waals surface area contributed by atoms with Crippen LogP contribution in [0.5, 0.6) is 6.01 Å². The maximum atomic E-state index is 13.5. The second kappa shape index (κ2) is 8.40. The summed E-state index contributed by atoms with van der Waals surface area (Å²) in [4.78, 5) is 37.1. The number of alkyl halides is 3. The first-order valence-electron chi connectivity index (χ1n) is 9.93. The number of fused-ring (bicyclic) bond motifs is 2. The molecule has 0 aliphatic heterocycles. The summed E-state index contributed by atoms with van der Waals surface area (Å²) < 4.78 is 44.5. The summed E-state index contributed by atoms with van der Waals surface area (Å²) in [6.07, 6.45) is -5.28. The molecule has 0 atom stereocenters. The first-order chi connectivity index (χ1) is 16.6. The second-order valence-corrected chi connectivity index (χ2v) is 8.78. The summed E-state index contributed by atoms with van der Waals surface area (Å²) in [6, 6.07) is 12.1. The van der Waals surface area contributed by atoms with E-state index in [1.165, 1.54) is 18.2 Å². The molecular weight excluding hydrogens is 507 g/mol. The van der Waals surface area contributed by atoms with Gasteiger partial charge in [0.15, 0.2) is 0 Å². The van der Waals surface area contributed by atoms with Crippen molar-refractivity contribution in [2.75, 3.05) is 12.4 Å². The van der Waals surface area contributed by atoms with Gasteiger partial charge in [-0.1, -0.05) is 23.7 Å². The Bertz CT molecular complexity index is 1660. The first kappa shape index (κ1) is 22.9. The van der Waals surface area contributed by atoms with Gasteiger partial charge >= 0.3 is 18.2 Å². The molecule has 178 valence electrons. The van der Waals surface area contributed by atoms with Crippen LogP contribution in [0.2, 0.25) is 5.02 Å². The maximum absolute atomic E-state index is 13.5. The molecule has 3 aromatic heterocycles. The number of thiophene rings is 1. The van der Waals surface area contributed by atoms with Crippen molar-refractivity contribution in [3.05, 3.63) is 63.9 Å². The summed E-state index contributed by atoms with van der Waals surface area (Å²) in [5.74, 6) is -2.04. The van der Waals surface area contributed by atoms with E-state index in [0.29, 0.717) is 26.9 Å². The smallest absolute Gasteiger partial charge is 0.385 e. The molecule has 35 heavy (non-hydrogen) atoms. The number of nitrogens with zero attached hydrogens (tertiary/aromatic N) is 3. The van der Waals surface area contributed by atoms with Crippen LogP contribution < -0.4 is 15.6 Å². The summed E-state index contributed by atoms with van der Waals surface area (Å²) in [5, 5.41) is 3.36. The highest BCUT2D eigenvalue weighted by Gasteiger charge is 2.42. The van der Waals surface area contributed by atoms with Gasteiger partial charge in [-0.2, -0.15) is 18.2 Å². The van der Waals surface area contributed by atoms with Crippen molar-refractivity contribution in [1.29, 1.82) is 0 Å². The van der Waals surface area contributed by atoms with Crippen molar-refractivity contribution in [3.8, 4) is 22.1 Å². The molecule has 0 aliphatic carbocycles. The van der Waals surface area contributed by atoms with Crippen LogP contribution in [0.15, 0.2) is 53.3 Å². The number of rotatable bonds is 4. The van der Waals surface area contributed by atoms with E-state index in [1.807, 2.05) is 0 Å². The predicted octanol–water partition coefficient (Wildman–Crippen LogP) is 5.15. The summed E-state index contributed by atoms with van der Waals surface area (Å²) >= 11 is 7.04. The molecule has 0 saturated heterocycles. The molecule has 2 aromatic carbocycles. The van der Waals surface area contributed by atoms with Crippen LogP contribution in [-0.4, -0.2) is 38.7 Å². The number of halogens is 4. The minimum atomic E-state index is -5.28. The van der Waals surface area contributed by atoms with E-state index >= 15 is 0 Å². The van der Waals surface area contributed by atoms with E-state index in [4.69, 9.17) is 11.6 Å². The number of hydrogen-bond donors (Lipinski definition) is 2.